The Morgan fingerprint density at radius 1 is 0.793 bits per heavy atom. The van der Waals surface area contributed by atoms with E-state index in [0.29, 0.717) is 0 Å². The summed E-state index contributed by atoms with van der Waals surface area (Å²) in [7, 11) is 1.68. The van der Waals surface area contributed by atoms with Crippen molar-refractivity contribution in [1.82, 2.24) is 4.98 Å². The SMILES string of the molecule is COc1ccccc1-c1ccc(C(c2ccccc2)c2c[nH]c3ccccc23)o1. The monoisotopic (exact) mass is 379 g/mol. The van der Waals surface area contributed by atoms with E-state index in [4.69, 9.17) is 9.15 Å². The van der Waals surface area contributed by atoms with Crippen LogP contribution >= 0.6 is 0 Å². The molecule has 3 aromatic carbocycles. The Balaban J connectivity index is 1.66. The Bertz CT molecular complexity index is 1250. The highest BCUT2D eigenvalue weighted by molar-refractivity contribution is 5.84. The van der Waals surface area contributed by atoms with E-state index in [0.717, 1.165) is 28.4 Å². The number of benzene rings is 3. The molecule has 0 saturated heterocycles. The molecular formula is C26H21NO2. The summed E-state index contributed by atoms with van der Waals surface area (Å²) in [6, 6.07) is 30.9. The zero-order chi connectivity index (χ0) is 19.6. The van der Waals surface area contributed by atoms with Crippen LogP contribution in [0.5, 0.6) is 5.75 Å². The molecular weight excluding hydrogens is 358 g/mol. The summed E-state index contributed by atoms with van der Waals surface area (Å²) in [5.74, 6) is 2.51. The summed E-state index contributed by atoms with van der Waals surface area (Å²) in [4.78, 5) is 3.40. The van der Waals surface area contributed by atoms with Crippen molar-refractivity contribution in [1.29, 1.82) is 0 Å². The Morgan fingerprint density at radius 2 is 1.55 bits per heavy atom. The maximum Gasteiger partial charge on any atom is 0.138 e. The number of para-hydroxylation sites is 2. The summed E-state index contributed by atoms with van der Waals surface area (Å²) < 4.78 is 11.9. The summed E-state index contributed by atoms with van der Waals surface area (Å²) in [6.07, 6.45) is 2.09. The van der Waals surface area contributed by atoms with Gasteiger partial charge in [-0.3, -0.25) is 0 Å². The van der Waals surface area contributed by atoms with Crippen molar-refractivity contribution in [2.75, 3.05) is 7.11 Å². The molecule has 2 heterocycles. The van der Waals surface area contributed by atoms with Gasteiger partial charge in [0.2, 0.25) is 0 Å². The van der Waals surface area contributed by atoms with Gasteiger partial charge in [0.05, 0.1) is 18.6 Å². The molecule has 0 aliphatic rings. The van der Waals surface area contributed by atoms with E-state index in [9.17, 15) is 0 Å². The number of aromatic amines is 1. The first-order valence-corrected chi connectivity index (χ1v) is 9.69. The lowest BCUT2D eigenvalue weighted by molar-refractivity contribution is 0.414. The van der Waals surface area contributed by atoms with Gasteiger partial charge in [0, 0.05) is 17.1 Å². The number of H-pyrrole nitrogens is 1. The van der Waals surface area contributed by atoms with Crippen LogP contribution in [0.2, 0.25) is 0 Å². The molecule has 5 aromatic rings. The van der Waals surface area contributed by atoms with Crippen LogP contribution in [0.1, 0.15) is 22.8 Å². The third kappa shape index (κ3) is 3.11. The molecule has 1 atom stereocenters. The van der Waals surface area contributed by atoms with Crippen LogP contribution in [0.3, 0.4) is 0 Å². The maximum atomic E-state index is 6.41. The Morgan fingerprint density at radius 3 is 2.41 bits per heavy atom. The quantitative estimate of drug-likeness (QED) is 0.373. The first-order chi connectivity index (χ1) is 14.3. The maximum absolute atomic E-state index is 6.41. The van der Waals surface area contributed by atoms with Crippen LogP contribution in [0.25, 0.3) is 22.2 Å². The lowest BCUT2D eigenvalue weighted by Crippen LogP contribution is -2.01. The molecule has 1 N–H and O–H groups in total. The number of ether oxygens (including phenoxy) is 1. The van der Waals surface area contributed by atoms with Crippen molar-refractivity contribution in [2.45, 2.75) is 5.92 Å². The van der Waals surface area contributed by atoms with E-state index in [2.05, 4.69) is 59.7 Å². The fraction of sp³-hybridized carbons (Fsp3) is 0.0769. The molecule has 0 fully saturated rings. The minimum atomic E-state index is -0.00388. The topological polar surface area (TPSA) is 38.2 Å². The van der Waals surface area contributed by atoms with Gasteiger partial charge in [-0.25, -0.2) is 0 Å². The molecule has 0 aliphatic heterocycles. The fourth-order valence-corrected chi connectivity index (χ4v) is 3.98. The van der Waals surface area contributed by atoms with Gasteiger partial charge in [-0.15, -0.1) is 0 Å². The lowest BCUT2D eigenvalue weighted by Gasteiger charge is -2.15. The fourth-order valence-electron chi connectivity index (χ4n) is 3.98. The van der Waals surface area contributed by atoms with E-state index in [1.807, 2.05) is 42.5 Å². The Hall–Kier alpha value is -3.72. The highest BCUT2D eigenvalue weighted by Gasteiger charge is 2.24. The van der Waals surface area contributed by atoms with Crippen LogP contribution in [-0.4, -0.2) is 12.1 Å². The van der Waals surface area contributed by atoms with E-state index in [1.54, 1.807) is 7.11 Å². The second-order valence-corrected chi connectivity index (χ2v) is 7.04. The number of hydrogen-bond acceptors (Lipinski definition) is 2. The molecule has 0 aliphatic carbocycles. The van der Waals surface area contributed by atoms with Crippen LogP contribution in [0.15, 0.2) is 102 Å². The molecule has 0 spiro atoms. The smallest absolute Gasteiger partial charge is 0.138 e. The second-order valence-electron chi connectivity index (χ2n) is 7.04. The molecule has 1 unspecified atom stereocenters. The summed E-state index contributed by atoms with van der Waals surface area (Å²) in [5.41, 5.74) is 4.47. The normalized spacial score (nSPS) is 12.2. The Kier molecular flexibility index (Phi) is 4.41. The minimum Gasteiger partial charge on any atom is -0.496 e. The molecule has 3 nitrogen and oxygen atoms in total. The van der Waals surface area contributed by atoms with Crippen LogP contribution in [-0.2, 0) is 0 Å². The molecule has 0 saturated carbocycles. The van der Waals surface area contributed by atoms with Crippen molar-refractivity contribution in [2.24, 2.45) is 0 Å². The number of rotatable bonds is 5. The first-order valence-electron chi connectivity index (χ1n) is 9.69. The molecule has 5 rings (SSSR count). The van der Waals surface area contributed by atoms with Crippen molar-refractivity contribution < 1.29 is 9.15 Å². The van der Waals surface area contributed by atoms with Crippen molar-refractivity contribution in [3.63, 3.8) is 0 Å². The van der Waals surface area contributed by atoms with E-state index < -0.39 is 0 Å². The lowest BCUT2D eigenvalue weighted by atomic mass is 9.89. The van der Waals surface area contributed by atoms with Crippen LogP contribution < -0.4 is 4.74 Å². The van der Waals surface area contributed by atoms with Crippen LogP contribution in [0.4, 0.5) is 0 Å². The molecule has 3 heteroatoms. The highest BCUT2D eigenvalue weighted by Crippen LogP contribution is 2.39. The Labute approximate surface area is 169 Å². The predicted octanol–water partition coefficient (Wildman–Crippen LogP) is 6.62. The standard InChI is InChI=1S/C26H21NO2/c1-28-23-14-8-6-12-20(23)24-15-16-25(29-24)26(18-9-3-2-4-10-18)21-17-27-22-13-7-5-11-19(21)22/h2-17,26-27H,1H3. The zero-order valence-corrected chi connectivity index (χ0v) is 16.1. The van der Waals surface area contributed by atoms with Gasteiger partial charge >= 0.3 is 0 Å². The second kappa shape index (κ2) is 7.36. The van der Waals surface area contributed by atoms with Crippen molar-refractivity contribution >= 4 is 10.9 Å². The highest BCUT2D eigenvalue weighted by atomic mass is 16.5. The zero-order valence-electron chi connectivity index (χ0n) is 16.1. The summed E-state index contributed by atoms with van der Waals surface area (Å²) in [5, 5.41) is 1.21. The third-order valence-corrected chi connectivity index (χ3v) is 5.35. The van der Waals surface area contributed by atoms with Gasteiger partial charge in [-0.05, 0) is 41.5 Å². The van der Waals surface area contributed by atoms with E-state index >= 15 is 0 Å². The van der Waals surface area contributed by atoms with Crippen LogP contribution in [0, 0.1) is 0 Å². The molecule has 142 valence electrons. The number of methoxy groups -OCH3 is 1. The van der Waals surface area contributed by atoms with Gasteiger partial charge in [0.1, 0.15) is 17.3 Å². The molecule has 2 aromatic heterocycles. The summed E-state index contributed by atoms with van der Waals surface area (Å²) >= 11 is 0. The number of nitrogens with one attached hydrogen (secondary N) is 1. The largest absolute Gasteiger partial charge is 0.496 e. The number of hydrogen-bond donors (Lipinski definition) is 1. The van der Waals surface area contributed by atoms with E-state index in [-0.39, 0.29) is 5.92 Å². The van der Waals surface area contributed by atoms with Crippen molar-refractivity contribution in [3.8, 4) is 17.1 Å². The molecule has 0 radical (unpaired) electrons. The number of fused-ring (bicyclic) bond motifs is 1. The number of furan rings is 1. The first kappa shape index (κ1) is 17.4. The third-order valence-electron chi connectivity index (χ3n) is 5.35. The summed E-state index contributed by atoms with van der Waals surface area (Å²) in [6.45, 7) is 0. The van der Waals surface area contributed by atoms with Gasteiger partial charge < -0.3 is 14.1 Å². The average molecular weight is 379 g/mol. The van der Waals surface area contributed by atoms with E-state index in [1.165, 1.54) is 16.5 Å². The van der Waals surface area contributed by atoms with Gasteiger partial charge in [-0.2, -0.15) is 0 Å². The van der Waals surface area contributed by atoms with Gasteiger partial charge in [0.15, 0.2) is 0 Å². The van der Waals surface area contributed by atoms with Crippen molar-refractivity contribution in [3.05, 3.63) is 114 Å². The number of aromatic nitrogens is 1. The van der Waals surface area contributed by atoms with Gasteiger partial charge in [0.25, 0.3) is 0 Å². The van der Waals surface area contributed by atoms with Gasteiger partial charge in [-0.1, -0.05) is 60.7 Å². The molecule has 29 heavy (non-hydrogen) atoms. The minimum absolute atomic E-state index is 0.00388. The molecule has 0 bridgehead atoms. The average Bonchev–Trinajstić information content (AvgIpc) is 3.43. The predicted molar refractivity (Wildman–Crippen MR) is 116 cm³/mol. The molecule has 0 amide bonds.